The lowest BCUT2D eigenvalue weighted by Crippen LogP contribution is -2.45. The van der Waals surface area contributed by atoms with Crippen molar-refractivity contribution in [3.05, 3.63) is 24.3 Å². The van der Waals surface area contributed by atoms with Crippen LogP contribution in [0.4, 0.5) is 0 Å². The van der Waals surface area contributed by atoms with Crippen LogP contribution in [0.3, 0.4) is 0 Å². The van der Waals surface area contributed by atoms with Crippen LogP contribution in [0.1, 0.15) is 303 Å². The van der Waals surface area contributed by atoms with Crippen LogP contribution in [0.2, 0.25) is 0 Å². The Hall–Kier alpha value is -1.66. The molecule has 0 aliphatic carbocycles. The smallest absolute Gasteiger partial charge is 0.305 e. The predicted molar refractivity (Wildman–Crippen MR) is 273 cm³/mol. The highest BCUT2D eigenvalue weighted by molar-refractivity contribution is 5.76. The van der Waals surface area contributed by atoms with Crippen molar-refractivity contribution in [3.63, 3.8) is 0 Å². The molecule has 0 aromatic rings. The number of nitrogens with one attached hydrogen (secondary N) is 1. The molecule has 0 aromatic heterocycles. The zero-order valence-electron chi connectivity index (χ0n) is 42.3. The number of hydrogen-bond donors (Lipinski definition) is 3. The lowest BCUT2D eigenvalue weighted by Gasteiger charge is -2.22. The van der Waals surface area contributed by atoms with Crippen LogP contribution < -0.4 is 5.32 Å². The van der Waals surface area contributed by atoms with Crippen molar-refractivity contribution in [3.8, 4) is 0 Å². The van der Waals surface area contributed by atoms with Gasteiger partial charge in [0.15, 0.2) is 0 Å². The zero-order valence-corrected chi connectivity index (χ0v) is 42.3. The number of amides is 1. The van der Waals surface area contributed by atoms with Crippen LogP contribution in [-0.4, -0.2) is 47.4 Å². The van der Waals surface area contributed by atoms with Crippen LogP contribution in [0.15, 0.2) is 24.3 Å². The van der Waals surface area contributed by atoms with Gasteiger partial charge in [0.05, 0.1) is 25.4 Å². The van der Waals surface area contributed by atoms with Gasteiger partial charge in [-0.05, 0) is 77.0 Å². The third-order valence-corrected chi connectivity index (χ3v) is 13.0. The predicted octanol–water partition coefficient (Wildman–Crippen LogP) is 17.1. The molecule has 0 aliphatic heterocycles. The summed E-state index contributed by atoms with van der Waals surface area (Å²) in [5.74, 6) is -0.0677. The van der Waals surface area contributed by atoms with E-state index in [1.54, 1.807) is 0 Å². The van der Waals surface area contributed by atoms with Gasteiger partial charge in [0, 0.05) is 12.8 Å². The molecule has 2 unspecified atom stereocenters. The van der Waals surface area contributed by atoms with Crippen molar-refractivity contribution >= 4 is 11.9 Å². The number of esters is 1. The number of aliphatic hydroxyl groups excluding tert-OH is 2. The molecule has 0 radical (unpaired) electrons. The number of unbranched alkanes of at least 4 members (excludes halogenated alkanes) is 37. The van der Waals surface area contributed by atoms with Crippen LogP contribution in [0.25, 0.3) is 0 Å². The standard InChI is InChI=1S/C57H109NO5/c1-3-5-7-9-11-13-15-17-18-19-20-22-26-29-33-37-41-45-49-55(60)54(53-59)58-56(61)50-46-42-38-34-30-27-23-21-24-28-32-36-40-44-48-52-63-57(62)51-47-43-39-35-31-25-16-14-12-10-8-6-4-2/h14,16,24,28,54-55,59-60H,3-13,15,17-23,25-27,29-53H2,1-2H3,(H,58,61)/b16-14-,28-24-. The molecule has 6 heteroatoms. The zero-order chi connectivity index (χ0) is 45.8. The highest BCUT2D eigenvalue weighted by Gasteiger charge is 2.20. The fourth-order valence-corrected chi connectivity index (χ4v) is 8.63. The van der Waals surface area contributed by atoms with Crippen molar-refractivity contribution in [2.24, 2.45) is 0 Å². The minimum Gasteiger partial charge on any atom is -0.466 e. The van der Waals surface area contributed by atoms with Gasteiger partial charge in [-0.3, -0.25) is 9.59 Å². The summed E-state index contributed by atoms with van der Waals surface area (Å²) < 4.78 is 5.45. The van der Waals surface area contributed by atoms with E-state index >= 15 is 0 Å². The second kappa shape index (κ2) is 53.0. The topological polar surface area (TPSA) is 95.9 Å². The molecule has 1 amide bonds. The van der Waals surface area contributed by atoms with E-state index < -0.39 is 12.1 Å². The molecule has 0 aromatic carbocycles. The van der Waals surface area contributed by atoms with Crippen molar-refractivity contribution in [1.29, 1.82) is 0 Å². The number of allylic oxidation sites excluding steroid dienone is 4. The summed E-state index contributed by atoms with van der Waals surface area (Å²) in [6, 6.07) is -0.553. The maximum atomic E-state index is 12.5. The monoisotopic (exact) mass is 888 g/mol. The molecule has 0 saturated heterocycles. The number of carbonyl (C=O) groups is 2. The molecule has 0 spiro atoms. The quantitative estimate of drug-likeness (QED) is 0.0321. The van der Waals surface area contributed by atoms with E-state index in [1.165, 1.54) is 199 Å². The molecule has 3 N–H and O–H groups in total. The number of ether oxygens (including phenoxy) is 1. The Labute approximate surface area is 392 Å². The molecular formula is C57H109NO5. The SMILES string of the molecule is CCCCCC/C=C\CCCCCCCC(=O)OCCCCCC/C=C\CCCCCCCCCC(=O)NC(CO)C(O)CCCCCCCCCCCCCCCCCCCC. The van der Waals surface area contributed by atoms with E-state index in [2.05, 4.69) is 43.5 Å². The molecule has 0 bridgehead atoms. The lowest BCUT2D eigenvalue weighted by atomic mass is 10.0. The Kier molecular flexibility index (Phi) is 51.6. The van der Waals surface area contributed by atoms with E-state index in [4.69, 9.17) is 4.74 Å². The third kappa shape index (κ3) is 49.6. The normalized spacial score (nSPS) is 12.8. The first-order valence-corrected chi connectivity index (χ1v) is 28.1. The lowest BCUT2D eigenvalue weighted by molar-refractivity contribution is -0.143. The van der Waals surface area contributed by atoms with E-state index in [1.807, 2.05) is 0 Å². The molecule has 0 aliphatic rings. The largest absolute Gasteiger partial charge is 0.466 e. The van der Waals surface area contributed by atoms with Gasteiger partial charge >= 0.3 is 5.97 Å². The van der Waals surface area contributed by atoms with Gasteiger partial charge in [-0.25, -0.2) is 0 Å². The molecule has 372 valence electrons. The molecule has 63 heavy (non-hydrogen) atoms. The van der Waals surface area contributed by atoms with Crippen molar-refractivity contribution < 1.29 is 24.5 Å². The Morgan fingerprint density at radius 2 is 0.746 bits per heavy atom. The minimum atomic E-state index is -0.674. The average Bonchev–Trinajstić information content (AvgIpc) is 3.28. The molecule has 0 saturated carbocycles. The number of hydrogen-bond acceptors (Lipinski definition) is 5. The Morgan fingerprint density at radius 3 is 1.14 bits per heavy atom. The first-order valence-electron chi connectivity index (χ1n) is 28.1. The van der Waals surface area contributed by atoms with E-state index in [9.17, 15) is 19.8 Å². The molecule has 6 nitrogen and oxygen atoms in total. The van der Waals surface area contributed by atoms with E-state index in [0.29, 0.717) is 25.9 Å². The molecule has 2 atom stereocenters. The summed E-state index contributed by atoms with van der Waals surface area (Å²) in [5.41, 5.74) is 0. The number of carbonyl (C=O) groups excluding carboxylic acids is 2. The van der Waals surface area contributed by atoms with Crippen LogP contribution >= 0.6 is 0 Å². The summed E-state index contributed by atoms with van der Waals surface area (Å²) in [4.78, 5) is 24.5. The molecule has 0 heterocycles. The minimum absolute atomic E-state index is 0.0190. The summed E-state index contributed by atoms with van der Waals surface area (Å²) in [6.07, 6.45) is 63.0. The van der Waals surface area contributed by atoms with E-state index in [0.717, 1.165) is 70.6 Å². The van der Waals surface area contributed by atoms with Gasteiger partial charge in [-0.1, -0.05) is 237 Å². The molecule has 0 rings (SSSR count). The van der Waals surface area contributed by atoms with Crippen molar-refractivity contribution in [1.82, 2.24) is 5.32 Å². The summed E-state index contributed by atoms with van der Waals surface area (Å²) in [5, 5.41) is 23.3. The maximum absolute atomic E-state index is 12.5. The fourth-order valence-electron chi connectivity index (χ4n) is 8.63. The van der Waals surface area contributed by atoms with Crippen LogP contribution in [0, 0.1) is 0 Å². The Balaban J connectivity index is 3.48. The van der Waals surface area contributed by atoms with Crippen LogP contribution in [0.5, 0.6) is 0 Å². The highest BCUT2D eigenvalue weighted by atomic mass is 16.5. The second-order valence-electron chi connectivity index (χ2n) is 19.3. The number of rotatable bonds is 52. The Bertz CT molecular complexity index is 982. The summed E-state index contributed by atoms with van der Waals surface area (Å²) in [6.45, 7) is 4.91. The highest BCUT2D eigenvalue weighted by Crippen LogP contribution is 2.17. The number of aliphatic hydroxyl groups is 2. The molecule has 0 fully saturated rings. The first-order chi connectivity index (χ1) is 31.0. The van der Waals surface area contributed by atoms with Gasteiger partial charge < -0.3 is 20.3 Å². The average molecular weight is 889 g/mol. The summed E-state index contributed by atoms with van der Waals surface area (Å²) >= 11 is 0. The molecular weight excluding hydrogens is 779 g/mol. The first kappa shape index (κ1) is 61.3. The van der Waals surface area contributed by atoms with Crippen LogP contribution in [-0.2, 0) is 14.3 Å². The van der Waals surface area contributed by atoms with Gasteiger partial charge in [0.2, 0.25) is 5.91 Å². The van der Waals surface area contributed by atoms with Crippen molar-refractivity contribution in [2.45, 2.75) is 315 Å². The van der Waals surface area contributed by atoms with Gasteiger partial charge in [-0.15, -0.1) is 0 Å². The van der Waals surface area contributed by atoms with Gasteiger partial charge in [0.25, 0.3) is 0 Å². The second-order valence-corrected chi connectivity index (χ2v) is 19.3. The van der Waals surface area contributed by atoms with E-state index in [-0.39, 0.29) is 18.5 Å². The maximum Gasteiger partial charge on any atom is 0.305 e. The Morgan fingerprint density at radius 1 is 0.429 bits per heavy atom. The third-order valence-electron chi connectivity index (χ3n) is 13.0. The fraction of sp³-hybridized carbons (Fsp3) is 0.895. The van der Waals surface area contributed by atoms with Crippen molar-refractivity contribution in [2.75, 3.05) is 13.2 Å². The van der Waals surface area contributed by atoms with Gasteiger partial charge in [-0.2, -0.15) is 0 Å². The van der Waals surface area contributed by atoms with Gasteiger partial charge in [0.1, 0.15) is 0 Å². The summed E-state index contributed by atoms with van der Waals surface area (Å²) in [7, 11) is 0.